The first-order chi connectivity index (χ1) is 4.72. The number of aliphatic hydroxyl groups excluding tert-OH is 3. The van der Waals surface area contributed by atoms with Crippen LogP contribution in [0.2, 0.25) is 0 Å². The van der Waals surface area contributed by atoms with Gasteiger partial charge in [0.2, 0.25) is 0 Å². The molecule has 0 spiro atoms. The van der Waals surface area contributed by atoms with Crippen LogP contribution in [0.3, 0.4) is 0 Å². The first kappa shape index (κ1) is 7.94. The van der Waals surface area contributed by atoms with Crippen molar-refractivity contribution in [2.24, 2.45) is 0 Å². The summed E-state index contributed by atoms with van der Waals surface area (Å²) < 4.78 is 4.73. The third-order valence-electron chi connectivity index (χ3n) is 1.62. The van der Waals surface area contributed by atoms with Gasteiger partial charge in [-0.1, -0.05) is 0 Å². The summed E-state index contributed by atoms with van der Waals surface area (Å²) in [5.41, 5.74) is 0. The van der Waals surface area contributed by atoms with Crippen molar-refractivity contribution >= 4 is 0 Å². The monoisotopic (exact) mass is 148 g/mol. The Morgan fingerprint density at radius 2 is 1.90 bits per heavy atom. The lowest BCUT2D eigenvalue weighted by Crippen LogP contribution is -2.36. The molecule has 4 heteroatoms. The van der Waals surface area contributed by atoms with Crippen LogP contribution in [-0.2, 0) is 4.74 Å². The van der Waals surface area contributed by atoms with E-state index < -0.39 is 18.5 Å². The van der Waals surface area contributed by atoms with Crippen LogP contribution in [-0.4, -0.2) is 40.4 Å². The molecular weight excluding hydrogens is 136 g/mol. The molecule has 1 aliphatic heterocycles. The summed E-state index contributed by atoms with van der Waals surface area (Å²) in [6, 6.07) is 0. The van der Waals surface area contributed by atoms with Gasteiger partial charge in [0.1, 0.15) is 6.10 Å². The first-order valence-electron chi connectivity index (χ1n) is 3.37. The minimum atomic E-state index is -1.22. The summed E-state index contributed by atoms with van der Waals surface area (Å²) in [6.07, 6.45) is -2.06. The van der Waals surface area contributed by atoms with Gasteiger partial charge >= 0.3 is 0 Å². The summed E-state index contributed by atoms with van der Waals surface area (Å²) in [5.74, 6) is 0. The Labute approximate surface area is 59.1 Å². The predicted octanol–water partition coefficient (Wildman–Crippen LogP) is -1.16. The van der Waals surface area contributed by atoms with Gasteiger partial charge in [0.05, 0.1) is 6.10 Å². The van der Waals surface area contributed by atoms with E-state index in [1.54, 1.807) is 0 Å². The van der Waals surface area contributed by atoms with Crippen molar-refractivity contribution in [3.8, 4) is 0 Å². The molecule has 0 amide bonds. The smallest absolute Gasteiger partial charge is 0.183 e. The Balaban J connectivity index is 2.46. The summed E-state index contributed by atoms with van der Waals surface area (Å²) in [6.45, 7) is 0.398. The molecule has 1 unspecified atom stereocenters. The van der Waals surface area contributed by atoms with Crippen molar-refractivity contribution in [3.63, 3.8) is 0 Å². The van der Waals surface area contributed by atoms with Crippen molar-refractivity contribution in [1.82, 2.24) is 0 Å². The lowest BCUT2D eigenvalue weighted by atomic mass is 10.1. The van der Waals surface area contributed by atoms with Crippen molar-refractivity contribution in [2.75, 3.05) is 6.61 Å². The highest BCUT2D eigenvalue weighted by Gasteiger charge is 2.27. The molecule has 10 heavy (non-hydrogen) atoms. The van der Waals surface area contributed by atoms with Crippen molar-refractivity contribution < 1.29 is 20.1 Å². The lowest BCUT2D eigenvalue weighted by molar-refractivity contribution is -0.174. The third kappa shape index (κ3) is 1.67. The minimum Gasteiger partial charge on any atom is -0.390 e. The van der Waals surface area contributed by atoms with E-state index in [9.17, 15) is 0 Å². The van der Waals surface area contributed by atoms with E-state index >= 15 is 0 Å². The molecular formula is C6H12O4. The van der Waals surface area contributed by atoms with Gasteiger partial charge in [-0.3, -0.25) is 0 Å². The summed E-state index contributed by atoms with van der Waals surface area (Å²) in [5, 5.41) is 26.9. The lowest BCUT2D eigenvalue weighted by Gasteiger charge is -2.17. The second-order valence-corrected chi connectivity index (χ2v) is 2.46. The van der Waals surface area contributed by atoms with Crippen LogP contribution in [0.25, 0.3) is 0 Å². The molecule has 1 rings (SSSR count). The number of aliphatic hydroxyl groups is 3. The second-order valence-electron chi connectivity index (χ2n) is 2.46. The van der Waals surface area contributed by atoms with Crippen LogP contribution in [0.4, 0.5) is 0 Å². The molecule has 0 aromatic rings. The highest BCUT2D eigenvalue weighted by atomic mass is 16.6. The fraction of sp³-hybridized carbons (Fsp3) is 1.00. The number of hydrogen-bond donors (Lipinski definition) is 3. The van der Waals surface area contributed by atoms with E-state index in [4.69, 9.17) is 20.1 Å². The molecule has 60 valence electrons. The van der Waals surface area contributed by atoms with E-state index in [2.05, 4.69) is 0 Å². The zero-order chi connectivity index (χ0) is 7.56. The van der Waals surface area contributed by atoms with E-state index in [0.717, 1.165) is 0 Å². The topological polar surface area (TPSA) is 69.9 Å². The Kier molecular flexibility index (Phi) is 2.62. The molecule has 4 nitrogen and oxygen atoms in total. The maximum absolute atomic E-state index is 9.04. The molecule has 0 aliphatic carbocycles. The Morgan fingerprint density at radius 1 is 1.20 bits per heavy atom. The molecule has 0 saturated carbocycles. The van der Waals surface area contributed by atoms with E-state index in [0.29, 0.717) is 19.4 Å². The first-order valence-corrected chi connectivity index (χ1v) is 3.37. The predicted molar refractivity (Wildman–Crippen MR) is 33.2 cm³/mol. The van der Waals surface area contributed by atoms with Crippen molar-refractivity contribution in [2.45, 2.75) is 31.3 Å². The van der Waals surface area contributed by atoms with Gasteiger partial charge in [0.15, 0.2) is 6.29 Å². The molecule has 1 fully saturated rings. The average molecular weight is 148 g/mol. The van der Waals surface area contributed by atoms with Gasteiger partial charge in [-0.15, -0.1) is 0 Å². The van der Waals surface area contributed by atoms with Gasteiger partial charge in [0.25, 0.3) is 0 Å². The molecule has 3 N–H and O–H groups in total. The van der Waals surface area contributed by atoms with Gasteiger partial charge in [0, 0.05) is 6.61 Å². The summed E-state index contributed by atoms with van der Waals surface area (Å²) in [4.78, 5) is 0. The maximum atomic E-state index is 9.04. The van der Waals surface area contributed by atoms with Crippen LogP contribution in [0.5, 0.6) is 0 Å². The number of rotatable bonds is 0. The van der Waals surface area contributed by atoms with Crippen LogP contribution in [0.15, 0.2) is 0 Å². The Bertz CT molecular complexity index is 93.9. The highest BCUT2D eigenvalue weighted by Crippen LogP contribution is 2.12. The average Bonchev–Trinajstić information content (AvgIpc) is 2.04. The minimum absolute atomic E-state index is 0.398. The fourth-order valence-electron chi connectivity index (χ4n) is 0.956. The zero-order valence-corrected chi connectivity index (χ0v) is 5.60. The van der Waals surface area contributed by atoms with Crippen LogP contribution < -0.4 is 0 Å². The number of ether oxygens (including phenoxy) is 1. The van der Waals surface area contributed by atoms with E-state index in [1.165, 1.54) is 0 Å². The number of hydrogen-bond acceptors (Lipinski definition) is 4. The highest BCUT2D eigenvalue weighted by molar-refractivity contribution is 4.72. The SMILES string of the molecule is OC1OCCC[C@@H](O)[C@@H]1O. The maximum Gasteiger partial charge on any atom is 0.183 e. The summed E-state index contributed by atoms with van der Waals surface area (Å²) in [7, 11) is 0. The molecule has 1 aliphatic rings. The molecule has 1 heterocycles. The van der Waals surface area contributed by atoms with Crippen LogP contribution in [0.1, 0.15) is 12.8 Å². The van der Waals surface area contributed by atoms with E-state index in [1.807, 2.05) is 0 Å². The van der Waals surface area contributed by atoms with Crippen LogP contribution in [0, 0.1) is 0 Å². The molecule has 0 aromatic carbocycles. The van der Waals surface area contributed by atoms with Crippen molar-refractivity contribution in [3.05, 3.63) is 0 Å². The molecule has 3 atom stereocenters. The standard InChI is InChI=1S/C6H12O4/c7-4-2-1-3-10-6(9)5(4)8/h4-9H,1-3H2/t4-,5+,6?/m1/s1. The molecule has 1 saturated heterocycles. The fourth-order valence-corrected chi connectivity index (χ4v) is 0.956. The van der Waals surface area contributed by atoms with Crippen LogP contribution >= 0.6 is 0 Å². The zero-order valence-electron chi connectivity index (χ0n) is 5.60. The quantitative estimate of drug-likeness (QED) is 0.405. The molecule has 0 bridgehead atoms. The normalized spacial score (nSPS) is 42.9. The van der Waals surface area contributed by atoms with Gasteiger partial charge in [-0.25, -0.2) is 0 Å². The second kappa shape index (κ2) is 3.30. The summed E-state index contributed by atoms with van der Waals surface area (Å²) >= 11 is 0. The Morgan fingerprint density at radius 3 is 2.60 bits per heavy atom. The van der Waals surface area contributed by atoms with E-state index in [-0.39, 0.29) is 0 Å². The van der Waals surface area contributed by atoms with Gasteiger partial charge in [-0.05, 0) is 12.8 Å². The van der Waals surface area contributed by atoms with Crippen molar-refractivity contribution in [1.29, 1.82) is 0 Å². The Hall–Kier alpha value is -0.160. The molecule has 0 aromatic heterocycles. The van der Waals surface area contributed by atoms with Gasteiger partial charge in [-0.2, -0.15) is 0 Å². The largest absolute Gasteiger partial charge is 0.390 e. The van der Waals surface area contributed by atoms with Gasteiger partial charge < -0.3 is 20.1 Å². The molecule has 0 radical (unpaired) electrons. The third-order valence-corrected chi connectivity index (χ3v) is 1.62.